The van der Waals surface area contributed by atoms with Crippen molar-refractivity contribution in [2.45, 2.75) is 103 Å². The molecule has 7 rings (SSSR count). The zero-order valence-electron chi connectivity index (χ0n) is 39.6. The minimum atomic E-state index is -3.00. The van der Waals surface area contributed by atoms with E-state index in [1.165, 1.54) is 0 Å². The van der Waals surface area contributed by atoms with Crippen molar-refractivity contribution >= 4 is 48.3 Å². The molecule has 15 heteroatoms. The molecule has 1 saturated carbocycles. The monoisotopic (exact) mass is 896 g/mol. The predicted octanol–water partition coefficient (Wildman–Crippen LogP) is 8.81. The van der Waals surface area contributed by atoms with Crippen molar-refractivity contribution in [1.29, 1.82) is 0 Å². The lowest BCUT2D eigenvalue weighted by Gasteiger charge is -2.55. The average molecular weight is 897 g/mol. The zero-order valence-corrected chi connectivity index (χ0v) is 40.6. The van der Waals surface area contributed by atoms with Gasteiger partial charge in [0.1, 0.15) is 23.5 Å². The Kier molecular flexibility index (Phi) is 12.7. The third-order valence-electron chi connectivity index (χ3n) is 13.1. The van der Waals surface area contributed by atoms with E-state index in [2.05, 4.69) is 31.2 Å². The molecule has 0 radical (unpaired) electrons. The predicted molar refractivity (Wildman–Crippen MR) is 248 cm³/mol. The molecule has 14 nitrogen and oxygen atoms in total. The summed E-state index contributed by atoms with van der Waals surface area (Å²) < 4.78 is 36.8. The van der Waals surface area contributed by atoms with Crippen LogP contribution in [0.4, 0.5) is 10.5 Å². The maximum atomic E-state index is 16.2. The Morgan fingerprint density at radius 3 is 2.30 bits per heavy atom. The molecule has 1 heterocycles. The number of aliphatic hydroxyl groups excluding tert-OH is 1. The maximum absolute atomic E-state index is 16.2. The second kappa shape index (κ2) is 17.4. The van der Waals surface area contributed by atoms with Crippen molar-refractivity contribution in [3.05, 3.63) is 87.7 Å². The van der Waals surface area contributed by atoms with Crippen LogP contribution in [0.3, 0.4) is 0 Å². The van der Waals surface area contributed by atoms with Crippen LogP contribution in [0.25, 0.3) is 16.5 Å². The molecular weight excluding hydrogens is 833 g/mol. The van der Waals surface area contributed by atoms with Gasteiger partial charge in [0, 0.05) is 62.2 Å². The molecule has 4 atom stereocenters. The van der Waals surface area contributed by atoms with E-state index >= 15 is 9.59 Å². The zero-order chi connectivity index (χ0) is 46.7. The molecule has 1 aromatic heterocycles. The van der Waals surface area contributed by atoms with Gasteiger partial charge in [0.15, 0.2) is 25.4 Å². The second-order valence-electron chi connectivity index (χ2n) is 20.2. The highest BCUT2D eigenvalue weighted by molar-refractivity contribution is 6.74. The number of aliphatic hydroxyl groups is 1. The lowest BCUT2D eigenvalue weighted by atomic mass is 9.57. The molecule has 0 saturated heterocycles. The number of Topliss-reactive ketones (excluding diaryl/α,β-unsaturated/α-hetero) is 2. The van der Waals surface area contributed by atoms with Crippen LogP contribution in [0.5, 0.6) is 11.6 Å². The molecule has 3 aliphatic rings. The summed E-state index contributed by atoms with van der Waals surface area (Å²) >= 11 is 0. The van der Waals surface area contributed by atoms with Crippen LogP contribution in [0.1, 0.15) is 92.4 Å². The summed E-state index contributed by atoms with van der Waals surface area (Å²) in [4.78, 5) is 49.6. The Bertz CT molecular complexity index is 2480. The number of rotatable bonds is 13. The van der Waals surface area contributed by atoms with E-state index in [1.54, 1.807) is 27.9 Å². The van der Waals surface area contributed by atoms with Crippen molar-refractivity contribution in [2.75, 3.05) is 53.4 Å². The SMILES string of the molecule is COCCNCc1ccc2c(N(C)C)c3c(c(OC(=O)OC(C)(C)C)c2c1)C(O)=C1C(=O)[C@]2(O[Si](C)(C)C(C)(C)C)C(=O)c4c(OCc5ccccc5)noc4[C@@H](N(C)C)[C@@H]2C[C@@H]1C3. The quantitative estimate of drug-likeness (QED) is 0.0431. The summed E-state index contributed by atoms with van der Waals surface area (Å²) in [7, 11) is 6.26. The van der Waals surface area contributed by atoms with Gasteiger partial charge in [-0.2, -0.15) is 0 Å². The number of hydrogen-bond donors (Lipinski definition) is 2. The minimum absolute atomic E-state index is 0.0304. The Labute approximate surface area is 377 Å². The Balaban J connectivity index is 1.48. The van der Waals surface area contributed by atoms with Crippen LogP contribution < -0.4 is 19.7 Å². The summed E-state index contributed by atoms with van der Waals surface area (Å²) in [5, 5.41) is 21.6. The third-order valence-corrected chi connectivity index (χ3v) is 17.6. The lowest BCUT2D eigenvalue weighted by Crippen LogP contribution is -2.68. The number of carbonyl (C=O) groups is 3. The standard InChI is InChI=1S/C49H64N4O10Si/c1-47(2,3)61-46(57)60-41-32-23-29(26-50-21-22-58-11)19-20-31(32)38(52(7)8)33-24-30-25-34-39(53(9)10)42-37(45(51-62-42)59-27-28-17-15-14-16-18-28)44(56)49(34,63-64(12,13)48(4,5)6)43(55)35(30)40(54)36(33)41/h14-20,23,30,34,39,50,54H,21-22,24-27H2,1-13H3/t30-,34-,39-,49-/m0/s1. The first-order valence-corrected chi connectivity index (χ1v) is 24.9. The summed E-state index contributed by atoms with van der Waals surface area (Å²) in [6.07, 6.45) is -0.415. The van der Waals surface area contributed by atoms with E-state index in [4.69, 9.17) is 27.9 Å². The van der Waals surface area contributed by atoms with Gasteiger partial charge in [0.25, 0.3) is 5.88 Å². The van der Waals surface area contributed by atoms with Gasteiger partial charge >= 0.3 is 6.16 Å². The number of fused-ring (bicyclic) bond motifs is 5. The largest absolute Gasteiger partial charge is 0.514 e. The molecule has 0 amide bonds. The van der Waals surface area contributed by atoms with Gasteiger partial charge in [0.05, 0.1) is 18.2 Å². The first-order chi connectivity index (χ1) is 30.0. The number of methoxy groups -OCH3 is 1. The number of ketones is 2. The molecular formula is C49H64N4O10Si. The van der Waals surface area contributed by atoms with Crippen LogP contribution in [-0.4, -0.2) is 101 Å². The van der Waals surface area contributed by atoms with Crippen molar-refractivity contribution in [3.63, 3.8) is 0 Å². The van der Waals surface area contributed by atoms with Crippen LogP contribution in [0.15, 0.2) is 58.6 Å². The van der Waals surface area contributed by atoms with Gasteiger partial charge in [0.2, 0.25) is 11.6 Å². The maximum Gasteiger partial charge on any atom is 0.514 e. The molecule has 2 N–H and O–H groups in total. The van der Waals surface area contributed by atoms with Crippen LogP contribution in [0.2, 0.25) is 18.1 Å². The van der Waals surface area contributed by atoms with Gasteiger partial charge in [-0.3, -0.25) is 14.5 Å². The Morgan fingerprint density at radius 1 is 0.969 bits per heavy atom. The fourth-order valence-electron chi connectivity index (χ4n) is 9.32. The third kappa shape index (κ3) is 8.36. The smallest absolute Gasteiger partial charge is 0.507 e. The number of aromatic nitrogens is 1. The highest BCUT2D eigenvalue weighted by atomic mass is 28.4. The van der Waals surface area contributed by atoms with Crippen LogP contribution in [0, 0.1) is 11.8 Å². The molecule has 3 aliphatic carbocycles. The molecule has 1 fully saturated rings. The summed E-state index contributed by atoms with van der Waals surface area (Å²) in [5.41, 5.74) is 0.532. The van der Waals surface area contributed by atoms with E-state index in [9.17, 15) is 9.90 Å². The van der Waals surface area contributed by atoms with Crippen molar-refractivity contribution in [3.8, 4) is 11.6 Å². The number of hydrogen-bond acceptors (Lipinski definition) is 14. The first kappa shape index (κ1) is 46.9. The minimum Gasteiger partial charge on any atom is -0.507 e. The van der Waals surface area contributed by atoms with E-state index in [-0.39, 0.29) is 53.5 Å². The van der Waals surface area contributed by atoms with Crippen LogP contribution in [-0.2, 0) is 38.3 Å². The Morgan fingerprint density at radius 2 is 1.67 bits per heavy atom. The summed E-state index contributed by atoms with van der Waals surface area (Å²) in [6.45, 7) is 17.1. The number of ether oxygens (including phenoxy) is 4. The van der Waals surface area contributed by atoms with Crippen molar-refractivity contribution < 1.29 is 47.4 Å². The normalized spacial score (nSPS) is 21.1. The van der Waals surface area contributed by atoms with Gasteiger partial charge in [-0.05, 0) is 99.7 Å². The van der Waals surface area contributed by atoms with Gasteiger partial charge < -0.3 is 43.2 Å². The molecule has 0 aliphatic heterocycles. The first-order valence-electron chi connectivity index (χ1n) is 22.0. The van der Waals surface area contributed by atoms with Crippen molar-refractivity contribution in [1.82, 2.24) is 15.4 Å². The van der Waals surface area contributed by atoms with Gasteiger partial charge in [-0.15, -0.1) is 0 Å². The molecule has 344 valence electrons. The summed E-state index contributed by atoms with van der Waals surface area (Å²) in [5.74, 6) is -2.61. The molecule has 0 unspecified atom stereocenters. The number of carbonyl (C=O) groups excluding carboxylic acids is 3. The molecule has 3 aromatic carbocycles. The van der Waals surface area contributed by atoms with E-state index in [0.29, 0.717) is 36.4 Å². The fourth-order valence-corrected chi connectivity index (χ4v) is 10.8. The van der Waals surface area contributed by atoms with E-state index < -0.39 is 60.2 Å². The Hall–Kier alpha value is -5.06. The van der Waals surface area contributed by atoms with E-state index in [0.717, 1.165) is 22.2 Å². The topological polar surface area (TPSA) is 162 Å². The highest BCUT2D eigenvalue weighted by Crippen LogP contribution is 2.60. The van der Waals surface area contributed by atoms with Crippen molar-refractivity contribution in [2.24, 2.45) is 11.8 Å². The van der Waals surface area contributed by atoms with Crippen LogP contribution >= 0.6 is 0 Å². The molecule has 64 heavy (non-hydrogen) atoms. The number of nitrogens with one attached hydrogen (secondary N) is 1. The number of anilines is 1. The highest BCUT2D eigenvalue weighted by Gasteiger charge is 2.69. The summed E-state index contributed by atoms with van der Waals surface area (Å²) in [6, 6.07) is 14.8. The molecule has 4 aromatic rings. The molecule has 0 spiro atoms. The molecule has 0 bridgehead atoms. The van der Waals surface area contributed by atoms with E-state index in [1.807, 2.05) is 99.6 Å². The average Bonchev–Trinajstić information content (AvgIpc) is 3.62. The second-order valence-corrected chi connectivity index (χ2v) is 24.9. The number of nitrogens with zero attached hydrogens (tertiary/aromatic N) is 3. The number of benzene rings is 3. The van der Waals surface area contributed by atoms with Gasteiger partial charge in [-0.25, -0.2) is 4.79 Å². The lowest BCUT2D eigenvalue weighted by molar-refractivity contribution is -0.140. The fraction of sp³-hybridized carbons (Fsp3) is 0.510. The van der Waals surface area contributed by atoms with Gasteiger partial charge in [-0.1, -0.05) is 63.2 Å².